The van der Waals surface area contributed by atoms with Gasteiger partial charge in [0.2, 0.25) is 5.91 Å². The number of benzene rings is 1. The number of hydrogen-bond donors (Lipinski definition) is 2. The molecule has 114 valence electrons. The Morgan fingerprint density at radius 1 is 1.24 bits per heavy atom. The molecule has 0 aliphatic carbocycles. The van der Waals surface area contributed by atoms with Gasteiger partial charge in [-0.3, -0.25) is 4.79 Å². The summed E-state index contributed by atoms with van der Waals surface area (Å²) in [5.74, 6) is 0.151. The monoisotopic (exact) mass is 289 g/mol. The van der Waals surface area contributed by atoms with Gasteiger partial charge in [0.05, 0.1) is 0 Å². The van der Waals surface area contributed by atoms with Gasteiger partial charge in [-0.1, -0.05) is 6.07 Å². The lowest BCUT2D eigenvalue weighted by molar-refractivity contribution is -0.119. The van der Waals surface area contributed by atoms with E-state index in [-0.39, 0.29) is 17.5 Å². The molecule has 1 fully saturated rings. The van der Waals surface area contributed by atoms with Crippen LogP contribution in [0.1, 0.15) is 40.0 Å². The third-order valence-electron chi connectivity index (χ3n) is 3.23. The van der Waals surface area contributed by atoms with E-state index in [9.17, 15) is 9.59 Å². The second kappa shape index (κ2) is 6.16. The van der Waals surface area contributed by atoms with Crippen molar-refractivity contribution in [1.29, 1.82) is 0 Å². The predicted octanol–water partition coefficient (Wildman–Crippen LogP) is 3.12. The van der Waals surface area contributed by atoms with Crippen LogP contribution in [0, 0.1) is 0 Å². The van der Waals surface area contributed by atoms with Crippen molar-refractivity contribution in [3.05, 3.63) is 24.3 Å². The van der Waals surface area contributed by atoms with Gasteiger partial charge in [0.1, 0.15) is 0 Å². The average molecular weight is 289 g/mol. The first kappa shape index (κ1) is 15.4. The molecule has 1 aliphatic heterocycles. The number of amides is 3. The van der Waals surface area contributed by atoms with Crippen molar-refractivity contribution in [2.24, 2.45) is 0 Å². The summed E-state index contributed by atoms with van der Waals surface area (Å²) >= 11 is 0. The van der Waals surface area contributed by atoms with Gasteiger partial charge in [-0.15, -0.1) is 0 Å². The minimum atomic E-state index is -0.287. The van der Waals surface area contributed by atoms with Crippen molar-refractivity contribution >= 4 is 23.3 Å². The number of nitrogens with one attached hydrogen (secondary N) is 2. The van der Waals surface area contributed by atoms with Gasteiger partial charge in [-0.05, 0) is 51.8 Å². The summed E-state index contributed by atoms with van der Waals surface area (Å²) in [7, 11) is 0. The van der Waals surface area contributed by atoms with E-state index in [2.05, 4.69) is 10.6 Å². The fourth-order valence-electron chi connectivity index (χ4n) is 2.33. The van der Waals surface area contributed by atoms with Gasteiger partial charge in [-0.25, -0.2) is 4.79 Å². The Hall–Kier alpha value is -2.04. The summed E-state index contributed by atoms with van der Waals surface area (Å²) in [4.78, 5) is 25.6. The van der Waals surface area contributed by atoms with Crippen LogP contribution < -0.4 is 15.5 Å². The fourth-order valence-corrected chi connectivity index (χ4v) is 2.33. The van der Waals surface area contributed by atoms with E-state index in [1.807, 2.05) is 45.0 Å². The molecule has 3 amide bonds. The van der Waals surface area contributed by atoms with Crippen LogP contribution in [0.2, 0.25) is 0 Å². The van der Waals surface area contributed by atoms with Crippen molar-refractivity contribution in [2.45, 2.75) is 45.6 Å². The summed E-state index contributed by atoms with van der Waals surface area (Å²) in [6.45, 7) is 6.52. The summed E-state index contributed by atoms with van der Waals surface area (Å²) in [6.07, 6.45) is 2.58. The van der Waals surface area contributed by atoms with Crippen LogP contribution in [0.5, 0.6) is 0 Å². The number of carbonyl (C=O) groups excluding carboxylic acids is 2. The normalized spacial score (nSPS) is 15.8. The van der Waals surface area contributed by atoms with Crippen LogP contribution in [-0.4, -0.2) is 24.0 Å². The van der Waals surface area contributed by atoms with Crippen LogP contribution in [0.4, 0.5) is 16.2 Å². The molecule has 21 heavy (non-hydrogen) atoms. The number of hydrogen-bond acceptors (Lipinski definition) is 2. The standard InChI is InChI=1S/C16H23N3O2/c1-16(2,3)18-15(21)17-12-7-6-8-13(11-12)19-10-5-4-9-14(19)20/h6-8,11H,4-5,9-10H2,1-3H3,(H2,17,18,21). The molecule has 5 heteroatoms. The number of nitrogens with zero attached hydrogens (tertiary/aromatic N) is 1. The first-order valence-corrected chi connectivity index (χ1v) is 7.35. The van der Waals surface area contributed by atoms with Gasteiger partial charge >= 0.3 is 6.03 Å². The average Bonchev–Trinajstić information content (AvgIpc) is 2.37. The molecule has 2 rings (SSSR count). The highest BCUT2D eigenvalue weighted by molar-refractivity contribution is 5.95. The molecule has 1 saturated heterocycles. The SMILES string of the molecule is CC(C)(C)NC(=O)Nc1cccc(N2CCCCC2=O)c1. The van der Waals surface area contributed by atoms with E-state index in [1.54, 1.807) is 4.90 Å². The maximum atomic E-state index is 11.9. The number of piperidine rings is 1. The predicted molar refractivity (Wildman–Crippen MR) is 84.6 cm³/mol. The zero-order valence-electron chi connectivity index (χ0n) is 12.9. The van der Waals surface area contributed by atoms with Gasteiger partial charge in [0.25, 0.3) is 0 Å². The molecule has 0 bridgehead atoms. The second-order valence-corrected chi connectivity index (χ2v) is 6.38. The molecule has 0 radical (unpaired) electrons. The van der Waals surface area contributed by atoms with Crippen LogP contribution in [0.25, 0.3) is 0 Å². The highest BCUT2D eigenvalue weighted by Crippen LogP contribution is 2.23. The lowest BCUT2D eigenvalue weighted by Crippen LogP contribution is -2.43. The van der Waals surface area contributed by atoms with E-state index in [0.717, 1.165) is 25.1 Å². The summed E-state index contributed by atoms with van der Waals surface area (Å²) in [6, 6.07) is 7.16. The minimum Gasteiger partial charge on any atom is -0.333 e. The van der Waals surface area contributed by atoms with E-state index in [1.165, 1.54) is 0 Å². The summed E-state index contributed by atoms with van der Waals surface area (Å²) in [5, 5.41) is 5.65. The van der Waals surface area contributed by atoms with Crippen molar-refractivity contribution < 1.29 is 9.59 Å². The van der Waals surface area contributed by atoms with E-state index in [4.69, 9.17) is 0 Å². The van der Waals surface area contributed by atoms with Gasteiger partial charge < -0.3 is 15.5 Å². The molecule has 0 unspecified atom stereocenters. The molecule has 1 heterocycles. The van der Waals surface area contributed by atoms with Gasteiger partial charge in [0.15, 0.2) is 0 Å². The van der Waals surface area contributed by atoms with Crippen LogP contribution in [0.15, 0.2) is 24.3 Å². The molecule has 5 nitrogen and oxygen atoms in total. The minimum absolute atomic E-state index is 0.151. The Morgan fingerprint density at radius 2 is 2.00 bits per heavy atom. The third kappa shape index (κ3) is 4.48. The first-order chi connectivity index (χ1) is 9.85. The topological polar surface area (TPSA) is 61.4 Å². The quantitative estimate of drug-likeness (QED) is 0.878. The molecule has 2 N–H and O–H groups in total. The van der Waals surface area contributed by atoms with E-state index in [0.29, 0.717) is 12.1 Å². The molecule has 1 aromatic rings. The lowest BCUT2D eigenvalue weighted by Gasteiger charge is -2.27. The molecular weight excluding hydrogens is 266 g/mol. The molecular formula is C16H23N3O2. The Labute approximate surface area is 125 Å². The molecule has 0 saturated carbocycles. The molecule has 0 atom stereocenters. The largest absolute Gasteiger partial charge is 0.333 e. The smallest absolute Gasteiger partial charge is 0.319 e. The number of rotatable bonds is 2. The maximum absolute atomic E-state index is 11.9. The molecule has 0 spiro atoms. The van der Waals surface area contributed by atoms with Crippen molar-refractivity contribution in [2.75, 3.05) is 16.8 Å². The van der Waals surface area contributed by atoms with Crippen LogP contribution in [-0.2, 0) is 4.79 Å². The zero-order chi connectivity index (χ0) is 15.5. The maximum Gasteiger partial charge on any atom is 0.319 e. The zero-order valence-corrected chi connectivity index (χ0v) is 12.9. The first-order valence-electron chi connectivity index (χ1n) is 7.35. The summed E-state index contributed by atoms with van der Waals surface area (Å²) in [5.41, 5.74) is 1.24. The van der Waals surface area contributed by atoms with Gasteiger partial charge in [0, 0.05) is 29.9 Å². The molecule has 0 aromatic heterocycles. The third-order valence-corrected chi connectivity index (χ3v) is 3.23. The van der Waals surface area contributed by atoms with E-state index >= 15 is 0 Å². The Bertz CT molecular complexity index is 535. The Morgan fingerprint density at radius 3 is 2.67 bits per heavy atom. The lowest BCUT2D eigenvalue weighted by atomic mass is 10.1. The summed E-state index contributed by atoms with van der Waals surface area (Å²) < 4.78 is 0. The van der Waals surface area contributed by atoms with Crippen LogP contribution >= 0.6 is 0 Å². The van der Waals surface area contributed by atoms with Crippen molar-refractivity contribution in [3.8, 4) is 0 Å². The highest BCUT2D eigenvalue weighted by atomic mass is 16.2. The molecule has 1 aromatic carbocycles. The number of urea groups is 1. The Balaban J connectivity index is 2.07. The van der Waals surface area contributed by atoms with Crippen molar-refractivity contribution in [1.82, 2.24) is 5.32 Å². The van der Waals surface area contributed by atoms with Crippen molar-refractivity contribution in [3.63, 3.8) is 0 Å². The van der Waals surface area contributed by atoms with E-state index < -0.39 is 0 Å². The molecule has 1 aliphatic rings. The highest BCUT2D eigenvalue weighted by Gasteiger charge is 2.20. The second-order valence-electron chi connectivity index (χ2n) is 6.38. The van der Waals surface area contributed by atoms with Gasteiger partial charge in [-0.2, -0.15) is 0 Å². The Kier molecular flexibility index (Phi) is 4.50. The van der Waals surface area contributed by atoms with Crippen LogP contribution in [0.3, 0.4) is 0 Å². The number of carbonyl (C=O) groups is 2. The fraction of sp³-hybridized carbons (Fsp3) is 0.500. The number of anilines is 2.